The van der Waals surface area contributed by atoms with E-state index >= 15 is 0 Å². The summed E-state index contributed by atoms with van der Waals surface area (Å²) in [5.74, 6) is 1.44. The Morgan fingerprint density at radius 3 is 2.87 bits per heavy atom. The molecule has 0 bridgehead atoms. The van der Waals surface area contributed by atoms with E-state index in [0.29, 0.717) is 12.4 Å². The fourth-order valence-corrected chi connectivity index (χ4v) is 3.07. The van der Waals surface area contributed by atoms with Crippen molar-refractivity contribution in [1.29, 1.82) is 0 Å². The number of nitrogens with zero attached hydrogens (tertiary/aromatic N) is 4. The third-order valence-electron chi connectivity index (χ3n) is 4.22. The second kappa shape index (κ2) is 6.91. The highest BCUT2D eigenvalue weighted by Crippen LogP contribution is 2.20. The van der Waals surface area contributed by atoms with E-state index in [1.807, 2.05) is 36.4 Å². The van der Waals surface area contributed by atoms with E-state index in [2.05, 4.69) is 14.9 Å². The van der Waals surface area contributed by atoms with Gasteiger partial charge in [-0.05, 0) is 31.0 Å². The summed E-state index contributed by atoms with van der Waals surface area (Å²) in [5, 5.41) is 0. The average molecular weight is 314 g/mol. The van der Waals surface area contributed by atoms with Gasteiger partial charge in [-0.15, -0.1) is 0 Å². The molecule has 0 aromatic carbocycles. The molecule has 0 spiro atoms. The number of amides is 1. The number of carbonyl (C=O) groups is 1. The highest BCUT2D eigenvalue weighted by Gasteiger charge is 2.30. The van der Waals surface area contributed by atoms with Gasteiger partial charge in [0.25, 0.3) is 0 Å². The van der Waals surface area contributed by atoms with Gasteiger partial charge in [0.15, 0.2) is 0 Å². The van der Waals surface area contributed by atoms with E-state index in [0.717, 1.165) is 31.8 Å². The third kappa shape index (κ3) is 3.96. The quantitative estimate of drug-likeness (QED) is 0.844. The van der Waals surface area contributed by atoms with Crippen molar-refractivity contribution in [2.45, 2.75) is 39.4 Å². The average Bonchev–Trinajstić information content (AvgIpc) is 3.15. The van der Waals surface area contributed by atoms with Gasteiger partial charge in [-0.1, -0.05) is 0 Å². The zero-order chi connectivity index (χ0) is 16.2. The Morgan fingerprint density at radius 2 is 2.22 bits per heavy atom. The summed E-state index contributed by atoms with van der Waals surface area (Å²) in [6, 6.07) is 4.28. The lowest BCUT2D eigenvalue weighted by atomic mass is 10.2. The minimum Gasteiger partial charge on any atom is -0.444 e. The molecule has 0 unspecified atom stereocenters. The Kier molecular flexibility index (Phi) is 4.71. The SMILES string of the molecule is CC(=O)N(Cc1ncc(C)o1)[C@@H]1CCN(Cc2ccncc2)C1. The van der Waals surface area contributed by atoms with Gasteiger partial charge < -0.3 is 9.32 Å². The molecule has 23 heavy (non-hydrogen) atoms. The summed E-state index contributed by atoms with van der Waals surface area (Å²) in [7, 11) is 0. The van der Waals surface area contributed by atoms with Gasteiger partial charge in [-0.3, -0.25) is 14.7 Å². The Labute approximate surface area is 136 Å². The number of rotatable bonds is 5. The molecule has 0 saturated carbocycles. The topological polar surface area (TPSA) is 62.5 Å². The molecule has 3 rings (SSSR count). The van der Waals surface area contributed by atoms with Gasteiger partial charge in [0.1, 0.15) is 5.76 Å². The molecule has 1 aliphatic rings. The maximum Gasteiger partial charge on any atom is 0.220 e. The summed E-state index contributed by atoms with van der Waals surface area (Å²) < 4.78 is 5.52. The van der Waals surface area contributed by atoms with Crippen molar-refractivity contribution < 1.29 is 9.21 Å². The van der Waals surface area contributed by atoms with Crippen LogP contribution in [-0.2, 0) is 17.9 Å². The summed E-state index contributed by atoms with van der Waals surface area (Å²) in [6.07, 6.45) is 6.30. The number of pyridine rings is 1. The van der Waals surface area contributed by atoms with E-state index in [1.165, 1.54) is 5.56 Å². The summed E-state index contributed by atoms with van der Waals surface area (Å²) >= 11 is 0. The first-order valence-electron chi connectivity index (χ1n) is 7.91. The Hall–Kier alpha value is -2.21. The van der Waals surface area contributed by atoms with E-state index in [4.69, 9.17) is 4.42 Å². The number of aryl methyl sites for hydroxylation is 1. The van der Waals surface area contributed by atoms with Crippen molar-refractivity contribution in [3.05, 3.63) is 47.9 Å². The van der Waals surface area contributed by atoms with E-state index < -0.39 is 0 Å². The smallest absolute Gasteiger partial charge is 0.220 e. The number of carbonyl (C=O) groups excluding carboxylic acids is 1. The molecule has 0 N–H and O–H groups in total. The number of aromatic nitrogens is 2. The molecule has 2 aromatic rings. The fraction of sp³-hybridized carbons (Fsp3) is 0.471. The van der Waals surface area contributed by atoms with Gasteiger partial charge in [0.05, 0.1) is 12.7 Å². The Bertz CT molecular complexity index is 656. The molecular weight excluding hydrogens is 292 g/mol. The highest BCUT2D eigenvalue weighted by molar-refractivity contribution is 5.73. The van der Waals surface area contributed by atoms with Crippen LogP contribution < -0.4 is 0 Å². The lowest BCUT2D eigenvalue weighted by molar-refractivity contribution is -0.132. The first kappa shape index (κ1) is 15.7. The van der Waals surface area contributed by atoms with Crippen LogP contribution in [-0.4, -0.2) is 44.8 Å². The second-order valence-electron chi connectivity index (χ2n) is 6.04. The predicted octanol–water partition coefficient (Wildman–Crippen LogP) is 2.00. The maximum absolute atomic E-state index is 12.0. The highest BCUT2D eigenvalue weighted by atomic mass is 16.4. The van der Waals surface area contributed by atoms with Crippen LogP contribution in [0.2, 0.25) is 0 Å². The molecule has 6 nitrogen and oxygen atoms in total. The van der Waals surface area contributed by atoms with Crippen LogP contribution in [0.1, 0.15) is 30.6 Å². The van der Waals surface area contributed by atoms with Crippen LogP contribution in [0.5, 0.6) is 0 Å². The van der Waals surface area contributed by atoms with Gasteiger partial charge in [-0.25, -0.2) is 4.98 Å². The zero-order valence-corrected chi connectivity index (χ0v) is 13.6. The van der Waals surface area contributed by atoms with Crippen molar-refractivity contribution in [2.75, 3.05) is 13.1 Å². The first-order chi connectivity index (χ1) is 11.1. The Morgan fingerprint density at radius 1 is 1.43 bits per heavy atom. The monoisotopic (exact) mass is 314 g/mol. The van der Waals surface area contributed by atoms with Gasteiger partial charge in [0.2, 0.25) is 11.8 Å². The molecule has 1 atom stereocenters. The molecule has 3 heterocycles. The zero-order valence-electron chi connectivity index (χ0n) is 13.6. The van der Waals surface area contributed by atoms with Crippen LogP contribution in [0.25, 0.3) is 0 Å². The Balaban J connectivity index is 1.62. The lowest BCUT2D eigenvalue weighted by Crippen LogP contribution is -2.40. The van der Waals surface area contributed by atoms with Crippen molar-refractivity contribution in [1.82, 2.24) is 19.8 Å². The van der Waals surface area contributed by atoms with Gasteiger partial charge in [-0.2, -0.15) is 0 Å². The molecule has 1 aliphatic heterocycles. The molecule has 1 amide bonds. The number of oxazole rings is 1. The van der Waals surface area contributed by atoms with E-state index in [9.17, 15) is 4.79 Å². The molecule has 2 aromatic heterocycles. The van der Waals surface area contributed by atoms with Crippen LogP contribution in [0, 0.1) is 6.92 Å². The number of hydrogen-bond donors (Lipinski definition) is 0. The molecule has 6 heteroatoms. The standard InChI is InChI=1S/C17H22N4O2/c1-13-9-19-17(23-13)12-21(14(2)22)16-5-8-20(11-16)10-15-3-6-18-7-4-15/h3-4,6-7,9,16H,5,8,10-12H2,1-2H3/t16-/m1/s1. The van der Waals surface area contributed by atoms with E-state index in [-0.39, 0.29) is 11.9 Å². The molecule has 1 fully saturated rings. The van der Waals surface area contributed by atoms with Crippen LogP contribution in [0.15, 0.2) is 35.1 Å². The van der Waals surface area contributed by atoms with Crippen LogP contribution in [0.3, 0.4) is 0 Å². The summed E-state index contributed by atoms with van der Waals surface area (Å²) in [6.45, 7) is 6.67. The molecule has 1 saturated heterocycles. The first-order valence-corrected chi connectivity index (χ1v) is 7.91. The van der Waals surface area contributed by atoms with Gasteiger partial charge in [0, 0.05) is 45.0 Å². The van der Waals surface area contributed by atoms with Gasteiger partial charge >= 0.3 is 0 Å². The molecule has 0 radical (unpaired) electrons. The van der Waals surface area contributed by atoms with Crippen molar-refractivity contribution >= 4 is 5.91 Å². The summed E-state index contributed by atoms with van der Waals surface area (Å²) in [5.41, 5.74) is 1.25. The predicted molar refractivity (Wildman–Crippen MR) is 85.4 cm³/mol. The van der Waals surface area contributed by atoms with Crippen LogP contribution >= 0.6 is 0 Å². The van der Waals surface area contributed by atoms with E-state index in [1.54, 1.807) is 13.1 Å². The minimum atomic E-state index is 0.0663. The molecular formula is C17H22N4O2. The fourth-order valence-electron chi connectivity index (χ4n) is 3.07. The minimum absolute atomic E-state index is 0.0663. The molecule has 0 aliphatic carbocycles. The summed E-state index contributed by atoms with van der Waals surface area (Å²) in [4.78, 5) is 24.5. The van der Waals surface area contributed by atoms with Crippen LogP contribution in [0.4, 0.5) is 0 Å². The second-order valence-corrected chi connectivity index (χ2v) is 6.04. The van der Waals surface area contributed by atoms with Crippen molar-refractivity contribution in [2.24, 2.45) is 0 Å². The number of likely N-dealkylation sites (tertiary alicyclic amines) is 1. The van der Waals surface area contributed by atoms with Crippen molar-refractivity contribution in [3.8, 4) is 0 Å². The van der Waals surface area contributed by atoms with Crippen molar-refractivity contribution in [3.63, 3.8) is 0 Å². The largest absolute Gasteiger partial charge is 0.444 e. The third-order valence-corrected chi connectivity index (χ3v) is 4.22. The molecule has 122 valence electrons. The normalized spacial score (nSPS) is 18.3. The maximum atomic E-state index is 12.0. The number of hydrogen-bond acceptors (Lipinski definition) is 5. The lowest BCUT2D eigenvalue weighted by Gasteiger charge is -2.27.